The summed E-state index contributed by atoms with van der Waals surface area (Å²) in [7, 11) is 0. The van der Waals surface area contributed by atoms with Gasteiger partial charge < -0.3 is 20.0 Å². The van der Waals surface area contributed by atoms with Crippen LogP contribution in [0.5, 0.6) is 11.5 Å². The van der Waals surface area contributed by atoms with Gasteiger partial charge in [0.15, 0.2) is 23.9 Å². The average Bonchev–Trinajstić information content (AvgIpc) is 3.43. The van der Waals surface area contributed by atoms with Gasteiger partial charge in [-0.15, -0.1) is 0 Å². The molecule has 6 nitrogen and oxygen atoms in total. The molecule has 42 heavy (non-hydrogen) atoms. The number of aromatic nitrogens is 2. The van der Waals surface area contributed by atoms with Gasteiger partial charge >= 0.3 is 13.2 Å². The van der Waals surface area contributed by atoms with Gasteiger partial charge in [0.2, 0.25) is 0 Å². The van der Waals surface area contributed by atoms with E-state index in [0.29, 0.717) is 28.1 Å². The van der Waals surface area contributed by atoms with Crippen molar-refractivity contribution in [2.24, 2.45) is 0 Å². The van der Waals surface area contributed by atoms with Gasteiger partial charge in [0, 0.05) is 24.2 Å². The van der Waals surface area contributed by atoms with Crippen LogP contribution in [0, 0.1) is 11.0 Å². The normalized spacial score (nSPS) is 15.1. The molecule has 1 unspecified atom stereocenters. The summed E-state index contributed by atoms with van der Waals surface area (Å²) in [6.07, 6.45) is 8.44. The van der Waals surface area contributed by atoms with Crippen molar-refractivity contribution in [3.05, 3.63) is 119 Å². The number of ether oxygens (including phenoxy) is 2. The second kappa shape index (κ2) is 12.6. The third-order valence-electron chi connectivity index (χ3n) is 7.52. The van der Waals surface area contributed by atoms with Gasteiger partial charge in [-0.2, -0.15) is 22.3 Å². The van der Waals surface area contributed by atoms with Crippen LogP contribution < -0.4 is 19.5 Å². The van der Waals surface area contributed by atoms with Gasteiger partial charge in [-0.3, -0.25) is 0 Å². The summed E-state index contributed by atoms with van der Waals surface area (Å²) in [5.74, 6) is -1.20. The predicted octanol–water partition coefficient (Wildman–Crippen LogP) is 7.31. The van der Waals surface area contributed by atoms with Gasteiger partial charge in [-0.25, -0.2) is 9.37 Å². The number of halogens is 5. The molecule has 220 valence electrons. The Bertz CT molecular complexity index is 1460. The molecule has 2 heterocycles. The summed E-state index contributed by atoms with van der Waals surface area (Å²) < 4.78 is 75.2. The Kier molecular flexibility index (Phi) is 8.75. The zero-order chi connectivity index (χ0) is 29.7. The maximum absolute atomic E-state index is 13.6. The lowest BCUT2D eigenvalue weighted by molar-refractivity contribution is -0.605. The number of hydrogen-bond acceptors (Lipinski definition) is 5. The van der Waals surface area contributed by atoms with Crippen LogP contribution in [-0.4, -0.2) is 18.2 Å². The molecule has 0 aliphatic heterocycles. The number of rotatable bonds is 11. The van der Waals surface area contributed by atoms with Crippen LogP contribution in [0.4, 0.5) is 27.8 Å². The molecule has 0 saturated heterocycles. The molecule has 11 heteroatoms. The first-order valence-corrected chi connectivity index (χ1v) is 13.4. The van der Waals surface area contributed by atoms with Gasteiger partial charge in [-0.1, -0.05) is 37.1 Å². The molecule has 1 atom stereocenters. The van der Waals surface area contributed by atoms with E-state index < -0.39 is 30.6 Å². The van der Waals surface area contributed by atoms with Crippen LogP contribution in [0.3, 0.4) is 0 Å². The summed E-state index contributed by atoms with van der Waals surface area (Å²) in [5, 5.41) is 15.1. The third-order valence-corrected chi connectivity index (χ3v) is 7.52. The summed E-state index contributed by atoms with van der Waals surface area (Å²) in [6.45, 7) is -6.48. The largest absolute Gasteiger partial charge is 0.619 e. The van der Waals surface area contributed by atoms with Crippen molar-refractivity contribution in [3.63, 3.8) is 0 Å². The van der Waals surface area contributed by atoms with Crippen LogP contribution in [0.15, 0.2) is 85.3 Å². The van der Waals surface area contributed by atoms with Crippen molar-refractivity contribution < 1.29 is 36.2 Å². The molecule has 2 aromatic carbocycles. The Labute approximate surface area is 239 Å². The Morgan fingerprint density at radius 2 is 1.48 bits per heavy atom. The average molecular weight is 586 g/mol. The van der Waals surface area contributed by atoms with Crippen LogP contribution in [0.2, 0.25) is 0 Å². The highest BCUT2D eigenvalue weighted by molar-refractivity contribution is 5.49. The number of nitrogens with zero attached hydrogens (tertiary/aromatic N) is 2. The van der Waals surface area contributed by atoms with E-state index in [1.807, 2.05) is 12.1 Å². The number of pyridine rings is 2. The molecular weight excluding hydrogens is 557 g/mol. The number of nitrogens with one attached hydrogen (secondary N) is 1. The second-order valence-corrected chi connectivity index (χ2v) is 10.2. The Morgan fingerprint density at radius 3 is 2.10 bits per heavy atom. The van der Waals surface area contributed by atoms with Gasteiger partial charge in [0.1, 0.15) is 11.6 Å². The minimum absolute atomic E-state index is 0.306. The second-order valence-electron chi connectivity index (χ2n) is 10.2. The van der Waals surface area contributed by atoms with E-state index in [2.05, 4.69) is 19.8 Å². The molecule has 0 amide bonds. The topological polar surface area (TPSA) is 70.3 Å². The molecule has 1 saturated carbocycles. The number of alkyl halides is 4. The summed E-state index contributed by atoms with van der Waals surface area (Å²) in [6, 6.07) is 17.3. The first kappa shape index (κ1) is 29.1. The molecule has 1 aliphatic rings. The lowest BCUT2D eigenvalue weighted by Crippen LogP contribution is -2.32. The Morgan fingerprint density at radius 1 is 0.833 bits per heavy atom. The molecule has 1 N–H and O–H groups in total. The van der Waals surface area contributed by atoms with Gasteiger partial charge in [-0.05, 0) is 71.8 Å². The van der Waals surface area contributed by atoms with E-state index in [4.69, 9.17) is 0 Å². The zero-order valence-electron chi connectivity index (χ0n) is 22.4. The monoisotopic (exact) mass is 585 g/mol. The fraction of sp³-hybridized carbons (Fsp3) is 0.290. The lowest BCUT2D eigenvalue weighted by atomic mass is 9.86. The minimum atomic E-state index is -3.25. The molecule has 4 aromatic rings. The summed E-state index contributed by atoms with van der Waals surface area (Å²) >= 11 is 0. The fourth-order valence-corrected chi connectivity index (χ4v) is 5.53. The predicted molar refractivity (Wildman–Crippen MR) is 145 cm³/mol. The minimum Gasteiger partial charge on any atom is -0.619 e. The lowest BCUT2D eigenvalue weighted by Gasteiger charge is -2.32. The maximum Gasteiger partial charge on any atom is 0.387 e. The molecule has 2 aromatic heterocycles. The highest BCUT2D eigenvalue weighted by atomic mass is 19.3. The van der Waals surface area contributed by atoms with Gasteiger partial charge in [0.25, 0.3) is 0 Å². The van der Waals surface area contributed by atoms with Crippen molar-refractivity contribution in [1.82, 2.24) is 4.98 Å². The quantitative estimate of drug-likeness (QED) is 0.114. The van der Waals surface area contributed by atoms with E-state index in [0.717, 1.165) is 36.8 Å². The molecule has 0 spiro atoms. The van der Waals surface area contributed by atoms with Crippen molar-refractivity contribution in [2.75, 3.05) is 5.32 Å². The zero-order valence-corrected chi connectivity index (χ0v) is 22.4. The molecular formula is C31H28F5N3O3. The van der Waals surface area contributed by atoms with Gasteiger partial charge in [0.05, 0.1) is 5.54 Å². The van der Waals surface area contributed by atoms with Crippen LogP contribution in [-0.2, 0) is 12.0 Å². The van der Waals surface area contributed by atoms with E-state index in [1.165, 1.54) is 42.7 Å². The van der Waals surface area contributed by atoms with Crippen molar-refractivity contribution in [3.8, 4) is 11.5 Å². The first-order valence-electron chi connectivity index (χ1n) is 13.4. The highest BCUT2D eigenvalue weighted by Crippen LogP contribution is 2.42. The van der Waals surface area contributed by atoms with E-state index in [1.54, 1.807) is 30.5 Å². The number of anilines is 1. The summed E-state index contributed by atoms with van der Waals surface area (Å²) in [5.41, 5.74) is 2.57. The molecule has 0 radical (unpaired) electrons. The highest BCUT2D eigenvalue weighted by Gasteiger charge is 2.36. The molecule has 1 aliphatic carbocycles. The standard InChI is InChI=1S/C31H28F5N3O3/c32-24-7-5-23(6-8-24)31(13-1-2-14-31)38-28-10-4-22(19-37-28)25(17-20-11-15-39(40)16-12-20)21-3-9-26(41-29(33)34)27(18-21)42-30(35)36/h3-12,15-16,18-19,25,29-30H,1-2,13-14,17H2,(H,37,38). The van der Waals surface area contributed by atoms with E-state index >= 15 is 0 Å². The molecule has 1 fully saturated rings. The molecule has 5 rings (SSSR count). The van der Waals surface area contributed by atoms with Crippen LogP contribution >= 0.6 is 0 Å². The van der Waals surface area contributed by atoms with Crippen molar-refractivity contribution in [2.45, 2.75) is 56.8 Å². The third kappa shape index (κ3) is 6.89. The Hall–Kier alpha value is -4.41. The first-order chi connectivity index (χ1) is 20.2. The SMILES string of the molecule is [O-][n+]1ccc(CC(c2ccc(NC3(c4ccc(F)cc4)CCCC3)nc2)c2ccc(OC(F)F)c(OC(F)F)c2)cc1. The summed E-state index contributed by atoms with van der Waals surface area (Å²) in [4.78, 5) is 4.65. The van der Waals surface area contributed by atoms with E-state index in [9.17, 15) is 27.2 Å². The fourth-order valence-electron chi connectivity index (χ4n) is 5.53. The van der Waals surface area contributed by atoms with E-state index in [-0.39, 0.29) is 11.4 Å². The molecule has 0 bridgehead atoms. The number of benzene rings is 2. The van der Waals surface area contributed by atoms with Crippen molar-refractivity contribution >= 4 is 5.82 Å². The smallest absolute Gasteiger partial charge is 0.387 e. The maximum atomic E-state index is 13.6. The van der Waals surface area contributed by atoms with Crippen LogP contribution in [0.1, 0.15) is 53.9 Å². The van der Waals surface area contributed by atoms with Crippen LogP contribution in [0.25, 0.3) is 0 Å². The Balaban J connectivity index is 1.47. The number of hydrogen-bond donors (Lipinski definition) is 1. The van der Waals surface area contributed by atoms with Crippen molar-refractivity contribution in [1.29, 1.82) is 0 Å².